The molecule has 0 amide bonds. The van der Waals surface area contributed by atoms with E-state index in [-0.39, 0.29) is 6.42 Å². The van der Waals surface area contributed by atoms with E-state index >= 15 is 0 Å². The highest BCUT2D eigenvalue weighted by atomic mass is 32.1. The van der Waals surface area contributed by atoms with Crippen LogP contribution in [-0.2, 0) is 11.2 Å². The summed E-state index contributed by atoms with van der Waals surface area (Å²) in [7, 11) is 0. The molecule has 2 aromatic carbocycles. The average molecular weight is 295 g/mol. The molecule has 0 aliphatic rings. The molecule has 3 nitrogen and oxygen atoms in total. The minimum Gasteiger partial charge on any atom is -0.481 e. The predicted molar refractivity (Wildman–Crippen MR) is 86.3 cm³/mol. The molecule has 21 heavy (non-hydrogen) atoms. The van der Waals surface area contributed by atoms with Crippen LogP contribution in [-0.4, -0.2) is 16.1 Å². The van der Waals surface area contributed by atoms with E-state index in [0.29, 0.717) is 0 Å². The molecule has 1 N–H and O–H groups in total. The van der Waals surface area contributed by atoms with Gasteiger partial charge in [0.05, 0.1) is 16.6 Å². The van der Waals surface area contributed by atoms with Crippen molar-refractivity contribution in [2.75, 3.05) is 0 Å². The topological polar surface area (TPSA) is 50.2 Å². The van der Waals surface area contributed by atoms with Gasteiger partial charge in [0.1, 0.15) is 5.01 Å². The number of aliphatic carboxylic acids is 1. The van der Waals surface area contributed by atoms with Crippen molar-refractivity contribution in [2.24, 2.45) is 0 Å². The molecule has 0 fully saturated rings. The molecule has 0 bridgehead atoms. The Morgan fingerprint density at radius 2 is 1.95 bits per heavy atom. The predicted octanol–water partition coefficient (Wildman–Crippen LogP) is 4.09. The summed E-state index contributed by atoms with van der Waals surface area (Å²) in [6.07, 6.45) is 4.04. The molecule has 0 aliphatic heterocycles. The minimum atomic E-state index is -0.825. The molecule has 3 rings (SSSR count). The van der Waals surface area contributed by atoms with Gasteiger partial charge in [0, 0.05) is 0 Å². The van der Waals surface area contributed by atoms with Gasteiger partial charge in [0.2, 0.25) is 0 Å². The molecule has 1 heterocycles. The van der Waals surface area contributed by atoms with Gasteiger partial charge in [-0.05, 0) is 29.3 Å². The maximum absolute atomic E-state index is 10.7. The van der Waals surface area contributed by atoms with Crippen molar-refractivity contribution < 1.29 is 9.90 Å². The van der Waals surface area contributed by atoms with Gasteiger partial charge >= 0.3 is 5.97 Å². The van der Waals surface area contributed by atoms with Crippen LogP contribution in [0.4, 0.5) is 0 Å². The van der Waals surface area contributed by atoms with Crippen LogP contribution in [0.3, 0.4) is 0 Å². The molecule has 0 unspecified atom stereocenters. The molecule has 0 saturated heterocycles. The zero-order valence-electron chi connectivity index (χ0n) is 11.2. The third-order valence-corrected chi connectivity index (χ3v) is 4.04. The number of benzene rings is 2. The number of carboxylic acids is 1. The first-order valence-electron chi connectivity index (χ1n) is 6.55. The summed E-state index contributed by atoms with van der Waals surface area (Å²) >= 11 is 1.60. The van der Waals surface area contributed by atoms with Gasteiger partial charge in [0.25, 0.3) is 0 Å². The van der Waals surface area contributed by atoms with E-state index < -0.39 is 5.97 Å². The van der Waals surface area contributed by atoms with Gasteiger partial charge in [-0.25, -0.2) is 4.98 Å². The normalized spacial score (nSPS) is 11.2. The van der Waals surface area contributed by atoms with Crippen molar-refractivity contribution >= 4 is 39.7 Å². The van der Waals surface area contributed by atoms with E-state index in [9.17, 15) is 4.79 Å². The number of thiazole rings is 1. The van der Waals surface area contributed by atoms with Crippen molar-refractivity contribution in [3.8, 4) is 0 Å². The zero-order chi connectivity index (χ0) is 14.7. The van der Waals surface area contributed by atoms with Crippen LogP contribution >= 0.6 is 11.3 Å². The lowest BCUT2D eigenvalue weighted by Gasteiger charge is -1.95. The number of aromatic nitrogens is 1. The Morgan fingerprint density at radius 3 is 2.71 bits per heavy atom. The fraction of sp³-hybridized carbons (Fsp3) is 0.0588. The summed E-state index contributed by atoms with van der Waals surface area (Å²) in [5.74, 6) is -0.825. The molecule has 0 radical (unpaired) electrons. The second kappa shape index (κ2) is 5.89. The molecule has 104 valence electrons. The number of nitrogens with zero attached hydrogens (tertiary/aromatic N) is 1. The van der Waals surface area contributed by atoms with Gasteiger partial charge in [-0.15, -0.1) is 11.3 Å². The first kappa shape index (κ1) is 13.5. The van der Waals surface area contributed by atoms with E-state index in [2.05, 4.69) is 4.98 Å². The highest BCUT2D eigenvalue weighted by Crippen LogP contribution is 2.24. The summed E-state index contributed by atoms with van der Waals surface area (Å²) in [4.78, 5) is 15.3. The lowest BCUT2D eigenvalue weighted by Crippen LogP contribution is -1.99. The molecular weight excluding hydrogens is 282 g/mol. The van der Waals surface area contributed by atoms with Crippen molar-refractivity contribution in [1.82, 2.24) is 4.98 Å². The van der Waals surface area contributed by atoms with Crippen LogP contribution in [0.25, 0.3) is 22.4 Å². The quantitative estimate of drug-likeness (QED) is 0.788. The number of rotatable bonds is 4. The van der Waals surface area contributed by atoms with Crippen molar-refractivity contribution in [2.45, 2.75) is 6.42 Å². The smallest absolute Gasteiger partial charge is 0.307 e. The van der Waals surface area contributed by atoms with Crippen LogP contribution in [0.1, 0.15) is 16.1 Å². The standard InChI is InChI=1S/C17H13NO2S/c19-17(20)11-13-6-8-15-14(10-13)18-16(21-15)9-7-12-4-2-1-3-5-12/h1-10H,11H2,(H,19,20)/b9-7+. The first-order chi connectivity index (χ1) is 10.2. The molecule has 3 aromatic rings. The van der Waals surface area contributed by atoms with Gasteiger partial charge in [-0.3, -0.25) is 4.79 Å². The second-order valence-corrected chi connectivity index (χ2v) is 5.73. The monoisotopic (exact) mass is 295 g/mol. The molecular formula is C17H13NO2S. The summed E-state index contributed by atoms with van der Waals surface area (Å²) in [5.41, 5.74) is 2.76. The zero-order valence-corrected chi connectivity index (χ0v) is 12.0. The summed E-state index contributed by atoms with van der Waals surface area (Å²) in [5, 5.41) is 9.74. The van der Waals surface area contributed by atoms with Gasteiger partial charge in [-0.1, -0.05) is 42.5 Å². The molecule has 0 saturated carbocycles. The lowest BCUT2D eigenvalue weighted by molar-refractivity contribution is -0.136. The van der Waals surface area contributed by atoms with Crippen LogP contribution in [0, 0.1) is 0 Å². The Hall–Kier alpha value is -2.46. The number of carbonyl (C=O) groups is 1. The van der Waals surface area contributed by atoms with Gasteiger partial charge in [-0.2, -0.15) is 0 Å². The Kier molecular flexibility index (Phi) is 3.79. The first-order valence-corrected chi connectivity index (χ1v) is 7.37. The summed E-state index contributed by atoms with van der Waals surface area (Å²) in [6.45, 7) is 0. The second-order valence-electron chi connectivity index (χ2n) is 4.67. The molecule has 1 aromatic heterocycles. The number of carboxylic acid groups (broad SMARTS) is 1. The van der Waals surface area contributed by atoms with Crippen LogP contribution in [0.2, 0.25) is 0 Å². The van der Waals surface area contributed by atoms with E-state index in [1.807, 2.05) is 60.7 Å². The average Bonchev–Trinajstić information content (AvgIpc) is 2.88. The van der Waals surface area contributed by atoms with E-state index in [1.165, 1.54) is 0 Å². The molecule has 4 heteroatoms. The molecule has 0 atom stereocenters. The van der Waals surface area contributed by atoms with Crippen molar-refractivity contribution in [1.29, 1.82) is 0 Å². The van der Waals surface area contributed by atoms with Crippen molar-refractivity contribution in [3.05, 3.63) is 64.7 Å². The fourth-order valence-corrected chi connectivity index (χ4v) is 2.93. The Morgan fingerprint density at radius 1 is 1.14 bits per heavy atom. The SMILES string of the molecule is O=C(O)Cc1ccc2sc(/C=C/c3ccccc3)nc2c1. The third-order valence-electron chi connectivity index (χ3n) is 3.04. The van der Waals surface area contributed by atoms with E-state index in [1.54, 1.807) is 11.3 Å². The minimum absolute atomic E-state index is 0.0304. The van der Waals surface area contributed by atoms with Gasteiger partial charge < -0.3 is 5.11 Å². The third kappa shape index (κ3) is 3.35. The highest BCUT2D eigenvalue weighted by Gasteiger charge is 2.05. The van der Waals surface area contributed by atoms with E-state index in [0.717, 1.165) is 26.4 Å². The Labute approximate surface area is 126 Å². The lowest BCUT2D eigenvalue weighted by atomic mass is 10.1. The maximum Gasteiger partial charge on any atom is 0.307 e. The molecule has 0 aliphatic carbocycles. The Balaban J connectivity index is 1.87. The van der Waals surface area contributed by atoms with Crippen molar-refractivity contribution in [3.63, 3.8) is 0 Å². The van der Waals surface area contributed by atoms with E-state index in [4.69, 9.17) is 5.11 Å². The fourth-order valence-electron chi connectivity index (χ4n) is 2.08. The number of hydrogen-bond donors (Lipinski definition) is 1. The number of fused-ring (bicyclic) bond motifs is 1. The highest BCUT2D eigenvalue weighted by molar-refractivity contribution is 7.19. The van der Waals surface area contributed by atoms with Crippen LogP contribution in [0.5, 0.6) is 0 Å². The number of hydrogen-bond acceptors (Lipinski definition) is 3. The Bertz CT molecular complexity index is 806. The maximum atomic E-state index is 10.7. The van der Waals surface area contributed by atoms with Crippen LogP contribution in [0.15, 0.2) is 48.5 Å². The summed E-state index contributed by atoms with van der Waals surface area (Å²) < 4.78 is 1.07. The largest absolute Gasteiger partial charge is 0.481 e. The molecule has 0 spiro atoms. The van der Waals surface area contributed by atoms with Crippen LogP contribution < -0.4 is 0 Å². The summed E-state index contributed by atoms with van der Waals surface area (Å²) in [6, 6.07) is 15.7. The van der Waals surface area contributed by atoms with Gasteiger partial charge in [0.15, 0.2) is 0 Å².